The third-order valence-corrected chi connectivity index (χ3v) is 5.35. The minimum Gasteiger partial charge on any atom is -0.488 e. The molecule has 0 aromatic heterocycles. The van der Waals surface area contributed by atoms with E-state index in [2.05, 4.69) is 26.0 Å². The molecule has 2 atom stereocenters. The highest BCUT2D eigenvalue weighted by Crippen LogP contribution is 2.41. The van der Waals surface area contributed by atoms with Gasteiger partial charge < -0.3 is 15.2 Å². The Morgan fingerprint density at radius 2 is 1.92 bits per heavy atom. The van der Waals surface area contributed by atoms with Crippen molar-refractivity contribution in [1.82, 2.24) is 0 Å². The zero-order valence-corrected chi connectivity index (χ0v) is 14.8. The highest BCUT2D eigenvalue weighted by molar-refractivity contribution is 5.76. The molecule has 2 N–H and O–H groups in total. The number of rotatable bonds is 3. The molecule has 2 aromatic carbocycles. The van der Waals surface area contributed by atoms with Gasteiger partial charge in [-0.15, -0.1) is 0 Å². The second-order valence-electron chi connectivity index (χ2n) is 7.17. The standard InChI is InChI=1S/C21H24FNO2/c1-12-9-15(25-14-7-8-24-11-14)10-13(2)20(12)16-3-5-18(22)21-17(16)4-6-19(21)23/h3,5,9-10,14,19H,4,6-8,11,23H2,1-2H3/t14-,19+/m0/s1. The van der Waals surface area contributed by atoms with E-state index in [0.29, 0.717) is 12.2 Å². The second-order valence-corrected chi connectivity index (χ2v) is 7.17. The van der Waals surface area contributed by atoms with E-state index in [1.54, 1.807) is 6.07 Å². The molecule has 0 saturated carbocycles. The summed E-state index contributed by atoms with van der Waals surface area (Å²) in [5, 5.41) is 0. The maximum absolute atomic E-state index is 14.2. The van der Waals surface area contributed by atoms with Gasteiger partial charge in [0.25, 0.3) is 0 Å². The van der Waals surface area contributed by atoms with E-state index in [4.69, 9.17) is 15.2 Å². The van der Waals surface area contributed by atoms with E-state index in [1.165, 1.54) is 5.56 Å². The lowest BCUT2D eigenvalue weighted by molar-refractivity contribution is 0.141. The fourth-order valence-corrected chi connectivity index (χ4v) is 4.20. The Kier molecular flexibility index (Phi) is 4.26. The Balaban J connectivity index is 1.74. The number of ether oxygens (including phenoxy) is 2. The van der Waals surface area contributed by atoms with Crippen LogP contribution in [0, 0.1) is 19.7 Å². The van der Waals surface area contributed by atoms with Crippen LogP contribution in [0.5, 0.6) is 5.75 Å². The van der Waals surface area contributed by atoms with Gasteiger partial charge in [0.05, 0.1) is 13.2 Å². The van der Waals surface area contributed by atoms with Crippen LogP contribution in [-0.4, -0.2) is 19.3 Å². The molecule has 0 radical (unpaired) electrons. The topological polar surface area (TPSA) is 44.5 Å². The van der Waals surface area contributed by atoms with E-state index < -0.39 is 0 Å². The Morgan fingerprint density at radius 3 is 2.60 bits per heavy atom. The van der Waals surface area contributed by atoms with Crippen LogP contribution < -0.4 is 10.5 Å². The number of hydrogen-bond donors (Lipinski definition) is 1. The molecule has 1 aliphatic carbocycles. The summed E-state index contributed by atoms with van der Waals surface area (Å²) < 4.78 is 25.7. The number of benzene rings is 2. The molecule has 1 fully saturated rings. The lowest BCUT2D eigenvalue weighted by Crippen LogP contribution is -2.15. The molecule has 4 heteroatoms. The van der Waals surface area contributed by atoms with Gasteiger partial charge in [0, 0.05) is 18.0 Å². The van der Waals surface area contributed by atoms with Crippen molar-refractivity contribution in [3.8, 4) is 16.9 Å². The van der Waals surface area contributed by atoms with E-state index >= 15 is 0 Å². The first-order valence-corrected chi connectivity index (χ1v) is 8.97. The molecule has 132 valence electrons. The first-order valence-electron chi connectivity index (χ1n) is 8.97. The summed E-state index contributed by atoms with van der Waals surface area (Å²) in [5.74, 6) is 0.699. The summed E-state index contributed by atoms with van der Waals surface area (Å²) in [6, 6.07) is 7.41. The van der Waals surface area contributed by atoms with E-state index in [9.17, 15) is 4.39 Å². The van der Waals surface area contributed by atoms with Crippen LogP contribution in [0.2, 0.25) is 0 Å². The molecule has 1 heterocycles. The van der Waals surface area contributed by atoms with Gasteiger partial charge in [0.15, 0.2) is 0 Å². The summed E-state index contributed by atoms with van der Waals surface area (Å²) in [5.41, 5.74) is 12.4. The Morgan fingerprint density at radius 1 is 1.16 bits per heavy atom. The Labute approximate surface area is 147 Å². The molecular formula is C21H24FNO2. The van der Waals surface area contributed by atoms with Gasteiger partial charge in [-0.1, -0.05) is 6.07 Å². The van der Waals surface area contributed by atoms with Crippen molar-refractivity contribution in [2.24, 2.45) is 5.73 Å². The van der Waals surface area contributed by atoms with Crippen molar-refractivity contribution in [3.63, 3.8) is 0 Å². The summed E-state index contributed by atoms with van der Waals surface area (Å²) in [7, 11) is 0. The summed E-state index contributed by atoms with van der Waals surface area (Å²) in [6.45, 7) is 5.60. The van der Waals surface area contributed by atoms with Gasteiger partial charge in [-0.05, 0) is 72.7 Å². The van der Waals surface area contributed by atoms with Crippen LogP contribution >= 0.6 is 0 Å². The number of nitrogens with two attached hydrogens (primary N) is 1. The minimum absolute atomic E-state index is 0.137. The lowest BCUT2D eigenvalue weighted by Gasteiger charge is -2.19. The summed E-state index contributed by atoms with van der Waals surface area (Å²) in [6.07, 6.45) is 2.71. The molecule has 2 aliphatic rings. The summed E-state index contributed by atoms with van der Waals surface area (Å²) >= 11 is 0. The average molecular weight is 341 g/mol. The highest BCUT2D eigenvalue weighted by atomic mass is 19.1. The van der Waals surface area contributed by atoms with Gasteiger partial charge >= 0.3 is 0 Å². The van der Waals surface area contributed by atoms with Crippen molar-refractivity contribution in [2.75, 3.05) is 13.2 Å². The predicted octanol–water partition coefficient (Wildman–Crippen LogP) is 4.22. The minimum atomic E-state index is -0.194. The number of halogens is 1. The predicted molar refractivity (Wildman–Crippen MR) is 96.4 cm³/mol. The number of hydrogen-bond acceptors (Lipinski definition) is 3. The molecule has 0 bridgehead atoms. The molecule has 25 heavy (non-hydrogen) atoms. The van der Waals surface area contributed by atoms with Crippen LogP contribution in [0.3, 0.4) is 0 Å². The van der Waals surface area contributed by atoms with Crippen LogP contribution in [0.1, 0.15) is 41.1 Å². The molecule has 2 aromatic rings. The molecule has 3 nitrogen and oxygen atoms in total. The fourth-order valence-electron chi connectivity index (χ4n) is 4.20. The Hall–Kier alpha value is -1.91. The summed E-state index contributed by atoms with van der Waals surface area (Å²) in [4.78, 5) is 0. The van der Waals surface area contributed by atoms with Gasteiger partial charge in [0.1, 0.15) is 17.7 Å². The van der Waals surface area contributed by atoms with Crippen LogP contribution in [0.25, 0.3) is 11.1 Å². The van der Waals surface area contributed by atoms with Crippen molar-refractivity contribution in [1.29, 1.82) is 0 Å². The molecule has 0 amide bonds. The molecule has 1 saturated heterocycles. The molecule has 0 unspecified atom stereocenters. The van der Waals surface area contributed by atoms with Gasteiger partial charge in [-0.2, -0.15) is 0 Å². The lowest BCUT2D eigenvalue weighted by atomic mass is 9.90. The molecule has 1 aliphatic heterocycles. The average Bonchev–Trinajstić information content (AvgIpc) is 3.19. The van der Waals surface area contributed by atoms with Crippen LogP contribution in [-0.2, 0) is 11.2 Å². The molecule has 4 rings (SSSR count). The first kappa shape index (κ1) is 16.6. The van der Waals surface area contributed by atoms with Gasteiger partial charge in [-0.25, -0.2) is 4.39 Å². The maximum atomic E-state index is 14.2. The van der Waals surface area contributed by atoms with Gasteiger partial charge in [0.2, 0.25) is 0 Å². The smallest absolute Gasteiger partial charge is 0.128 e. The van der Waals surface area contributed by atoms with E-state index in [-0.39, 0.29) is 18.0 Å². The third kappa shape index (κ3) is 2.94. The molecular weight excluding hydrogens is 317 g/mol. The fraction of sp³-hybridized carbons (Fsp3) is 0.429. The zero-order chi connectivity index (χ0) is 17.6. The molecule has 0 spiro atoms. The van der Waals surface area contributed by atoms with Crippen molar-refractivity contribution < 1.29 is 13.9 Å². The maximum Gasteiger partial charge on any atom is 0.128 e. The Bertz CT molecular complexity index is 789. The largest absolute Gasteiger partial charge is 0.488 e. The van der Waals surface area contributed by atoms with Crippen molar-refractivity contribution in [2.45, 2.75) is 45.3 Å². The monoisotopic (exact) mass is 341 g/mol. The normalized spacial score (nSPS) is 22.2. The van der Waals surface area contributed by atoms with E-state index in [1.807, 2.05) is 6.07 Å². The van der Waals surface area contributed by atoms with Gasteiger partial charge in [-0.3, -0.25) is 0 Å². The zero-order valence-electron chi connectivity index (χ0n) is 14.8. The number of aryl methyl sites for hydroxylation is 2. The number of fused-ring (bicyclic) bond motifs is 1. The first-order chi connectivity index (χ1) is 12.0. The quantitative estimate of drug-likeness (QED) is 0.909. The third-order valence-electron chi connectivity index (χ3n) is 5.35. The SMILES string of the molecule is Cc1cc(O[C@H]2CCOC2)cc(C)c1-c1ccc(F)c2c1CC[C@H]2N. The van der Waals surface area contributed by atoms with Crippen LogP contribution in [0.15, 0.2) is 24.3 Å². The second kappa shape index (κ2) is 6.43. The van der Waals surface area contributed by atoms with Crippen LogP contribution in [0.4, 0.5) is 4.39 Å². The highest BCUT2D eigenvalue weighted by Gasteiger charge is 2.27. The van der Waals surface area contributed by atoms with Crippen molar-refractivity contribution in [3.05, 3.63) is 52.3 Å². The van der Waals surface area contributed by atoms with Crippen molar-refractivity contribution >= 4 is 0 Å². The van der Waals surface area contributed by atoms with E-state index in [0.717, 1.165) is 53.9 Å².